The van der Waals surface area contributed by atoms with Crippen LogP contribution in [0.1, 0.15) is 19.8 Å². The van der Waals surface area contributed by atoms with Crippen LogP contribution in [0.2, 0.25) is 0 Å². The normalized spacial score (nSPS) is 12.2. The summed E-state index contributed by atoms with van der Waals surface area (Å²) in [5.41, 5.74) is 0.402. The number of hydrogen-bond acceptors (Lipinski definition) is 5. The van der Waals surface area contributed by atoms with Crippen LogP contribution >= 0.6 is 7.82 Å². The number of nitrogens with zero attached hydrogens (tertiary/aromatic N) is 1. The highest BCUT2D eigenvalue weighted by Crippen LogP contribution is 2.35. The van der Waals surface area contributed by atoms with Gasteiger partial charge in [0.2, 0.25) is 0 Å². The Balaban J connectivity index is 3.62. The van der Waals surface area contributed by atoms with Crippen LogP contribution in [0.5, 0.6) is 0 Å². The Bertz CT molecular complexity index is 419. The van der Waals surface area contributed by atoms with Gasteiger partial charge in [0.1, 0.15) is 0 Å². The Morgan fingerprint density at radius 3 is 2.17 bits per heavy atom. The van der Waals surface area contributed by atoms with Crippen molar-refractivity contribution in [2.24, 2.45) is 0 Å². The van der Waals surface area contributed by atoms with E-state index < -0.39 is 7.82 Å². The highest BCUT2D eigenvalue weighted by atomic mass is 31.2. The zero-order valence-electron chi connectivity index (χ0n) is 14.2. The first-order valence-corrected chi connectivity index (χ1v) is 8.99. The minimum Gasteiger partial charge on any atom is -0.462 e. The molecule has 0 atom stereocenters. The fraction of sp³-hybridized carbons (Fsp3) is 0.786. The van der Waals surface area contributed by atoms with Gasteiger partial charge in [-0.05, 0) is 6.92 Å². The molecule has 2 N–H and O–H groups in total. The van der Waals surface area contributed by atoms with Crippen LogP contribution in [0.25, 0.3) is 0 Å². The average Bonchev–Trinajstić information content (AvgIpc) is 2.40. The molecule has 8 nitrogen and oxygen atoms in total. The van der Waals surface area contributed by atoms with Gasteiger partial charge in [0.05, 0.1) is 53.6 Å². The number of phosphoric ester groups is 1. The van der Waals surface area contributed by atoms with Crippen molar-refractivity contribution in [3.05, 3.63) is 12.2 Å². The van der Waals surface area contributed by atoms with Crippen molar-refractivity contribution < 1.29 is 37.6 Å². The van der Waals surface area contributed by atoms with E-state index in [2.05, 4.69) is 25.2 Å². The minimum atomic E-state index is -4.40. The second-order valence-corrected chi connectivity index (χ2v) is 7.18. The van der Waals surface area contributed by atoms with Crippen LogP contribution in [0, 0.1) is 0 Å². The lowest BCUT2D eigenvalue weighted by Crippen LogP contribution is -2.42. The molecule has 0 aromatic carbocycles. The summed E-state index contributed by atoms with van der Waals surface area (Å²) in [5.74, 6) is -0.360. The topological polar surface area (TPSA) is 102 Å². The maximum Gasteiger partial charge on any atom is 0.469 e. The summed E-state index contributed by atoms with van der Waals surface area (Å²) in [4.78, 5) is 28.2. The van der Waals surface area contributed by atoms with Crippen LogP contribution in [0.3, 0.4) is 0 Å². The molecule has 0 aliphatic heterocycles. The van der Waals surface area contributed by atoms with Crippen molar-refractivity contribution in [3.8, 4) is 0 Å². The average molecular weight is 354 g/mol. The quantitative estimate of drug-likeness (QED) is 0.168. The van der Waals surface area contributed by atoms with Gasteiger partial charge in [-0.15, -0.1) is 0 Å². The van der Waals surface area contributed by atoms with Gasteiger partial charge >= 0.3 is 13.8 Å². The minimum absolute atomic E-state index is 0.128. The van der Waals surface area contributed by atoms with Gasteiger partial charge in [0, 0.05) is 18.4 Å². The maximum absolute atomic E-state index is 11.2. The third-order valence-electron chi connectivity index (χ3n) is 3.03. The predicted molar refractivity (Wildman–Crippen MR) is 85.7 cm³/mol. The zero-order valence-corrected chi connectivity index (χ0v) is 15.1. The lowest BCUT2D eigenvalue weighted by molar-refractivity contribution is -0.890. The lowest BCUT2D eigenvalue weighted by Gasteiger charge is -2.29. The zero-order chi connectivity index (χ0) is 17.9. The number of ether oxygens (including phenoxy) is 2. The SMILES string of the molecule is C=C(C)C(=O)OCCC[N+](C)(C)CCCOCCOP(=O)(O)O. The number of hydrogen-bond donors (Lipinski definition) is 2. The van der Waals surface area contributed by atoms with E-state index in [-0.39, 0.29) is 19.2 Å². The molecule has 9 heteroatoms. The molecule has 0 bridgehead atoms. The fourth-order valence-electron chi connectivity index (χ4n) is 1.80. The Labute approximate surface area is 137 Å². The molecular weight excluding hydrogens is 325 g/mol. The fourth-order valence-corrected chi connectivity index (χ4v) is 2.12. The van der Waals surface area contributed by atoms with Crippen molar-refractivity contribution >= 4 is 13.8 Å². The van der Waals surface area contributed by atoms with Crippen LogP contribution in [0.4, 0.5) is 0 Å². The second-order valence-electron chi connectivity index (χ2n) is 5.94. The van der Waals surface area contributed by atoms with E-state index in [9.17, 15) is 9.36 Å². The molecule has 0 aliphatic carbocycles. The molecule has 0 saturated heterocycles. The standard InChI is InChI=1S/C14H28NO7P/c1-13(2)14(16)21-10-6-8-15(3,4)7-5-9-20-11-12-22-23(17,18)19/h1,5-12H2,2-4H3,(H-,17,18,19)/p+1. The second kappa shape index (κ2) is 10.9. The Hall–Kier alpha value is -0.760. The Morgan fingerprint density at radius 1 is 1.09 bits per heavy atom. The molecule has 0 aromatic heterocycles. The van der Waals surface area contributed by atoms with E-state index in [0.29, 0.717) is 18.8 Å². The highest BCUT2D eigenvalue weighted by Gasteiger charge is 2.15. The Morgan fingerprint density at radius 2 is 1.65 bits per heavy atom. The van der Waals surface area contributed by atoms with E-state index in [1.165, 1.54) is 0 Å². The van der Waals surface area contributed by atoms with Gasteiger partial charge in [0.25, 0.3) is 0 Å². The molecule has 0 saturated carbocycles. The number of phosphoric acid groups is 1. The van der Waals surface area contributed by atoms with E-state index >= 15 is 0 Å². The van der Waals surface area contributed by atoms with Gasteiger partial charge in [0.15, 0.2) is 0 Å². The molecule has 0 rings (SSSR count). The molecule has 0 amide bonds. The van der Waals surface area contributed by atoms with E-state index in [1.807, 2.05) is 0 Å². The summed E-state index contributed by atoms with van der Waals surface area (Å²) in [6.45, 7) is 7.78. The largest absolute Gasteiger partial charge is 0.469 e. The molecule has 0 aromatic rings. The van der Waals surface area contributed by atoms with Crippen molar-refractivity contribution in [1.29, 1.82) is 0 Å². The lowest BCUT2D eigenvalue weighted by atomic mass is 10.3. The van der Waals surface area contributed by atoms with E-state index in [0.717, 1.165) is 30.4 Å². The first-order valence-electron chi connectivity index (χ1n) is 7.46. The van der Waals surface area contributed by atoms with Crippen molar-refractivity contribution in [2.45, 2.75) is 19.8 Å². The maximum atomic E-state index is 11.2. The summed E-state index contributed by atoms with van der Waals surface area (Å²) in [5, 5.41) is 0. The van der Waals surface area contributed by atoms with Crippen molar-refractivity contribution in [2.75, 3.05) is 53.6 Å². The highest BCUT2D eigenvalue weighted by molar-refractivity contribution is 7.46. The molecule has 0 unspecified atom stereocenters. The number of carbonyl (C=O) groups is 1. The number of rotatable bonds is 13. The monoisotopic (exact) mass is 354 g/mol. The molecule has 136 valence electrons. The predicted octanol–water partition coefficient (Wildman–Crippen LogP) is 1.09. The third kappa shape index (κ3) is 14.6. The molecular formula is C14H29NO7P+. The van der Waals surface area contributed by atoms with Crippen LogP contribution in [-0.2, 0) is 23.4 Å². The van der Waals surface area contributed by atoms with Gasteiger partial charge in [-0.1, -0.05) is 6.58 Å². The molecule has 0 heterocycles. The van der Waals surface area contributed by atoms with Crippen LogP contribution in [-0.4, -0.2) is 73.9 Å². The number of quaternary nitrogens is 1. The van der Waals surface area contributed by atoms with Crippen LogP contribution < -0.4 is 0 Å². The third-order valence-corrected chi connectivity index (χ3v) is 3.55. The smallest absolute Gasteiger partial charge is 0.462 e. The van der Waals surface area contributed by atoms with E-state index in [1.54, 1.807) is 6.92 Å². The van der Waals surface area contributed by atoms with Crippen molar-refractivity contribution in [1.82, 2.24) is 0 Å². The molecule has 0 aliphatic rings. The molecule has 0 spiro atoms. The summed E-state index contributed by atoms with van der Waals surface area (Å²) in [6.07, 6.45) is 1.58. The Kier molecular flexibility index (Phi) is 10.6. The van der Waals surface area contributed by atoms with Crippen molar-refractivity contribution in [3.63, 3.8) is 0 Å². The van der Waals surface area contributed by atoms with Gasteiger partial charge in [-0.2, -0.15) is 0 Å². The summed E-state index contributed by atoms with van der Waals surface area (Å²) in [7, 11) is -0.240. The first-order chi connectivity index (χ1) is 10.5. The van der Waals surface area contributed by atoms with E-state index in [4.69, 9.17) is 19.3 Å². The van der Waals surface area contributed by atoms with Gasteiger partial charge in [-0.25, -0.2) is 9.36 Å². The summed E-state index contributed by atoms with van der Waals surface area (Å²) >= 11 is 0. The van der Waals surface area contributed by atoms with Gasteiger partial charge in [-0.3, -0.25) is 4.52 Å². The first kappa shape index (κ1) is 22.2. The number of carbonyl (C=O) groups excluding carboxylic acids is 1. The molecule has 23 heavy (non-hydrogen) atoms. The van der Waals surface area contributed by atoms with Crippen LogP contribution in [0.15, 0.2) is 12.2 Å². The summed E-state index contributed by atoms with van der Waals surface area (Å²) in [6, 6.07) is 0. The molecule has 0 radical (unpaired) electrons. The number of esters is 1. The van der Waals surface area contributed by atoms with Gasteiger partial charge < -0.3 is 23.7 Å². The molecule has 0 fully saturated rings. The summed E-state index contributed by atoms with van der Waals surface area (Å²) < 4.78 is 25.8.